The fraction of sp³-hybridized carbons (Fsp3) is 0.917. The summed E-state index contributed by atoms with van der Waals surface area (Å²) >= 11 is 0. The van der Waals surface area contributed by atoms with Gasteiger partial charge in [-0.1, -0.05) is 20.3 Å². The van der Waals surface area contributed by atoms with Gasteiger partial charge in [-0.25, -0.2) is 0 Å². The third kappa shape index (κ3) is 3.76. The van der Waals surface area contributed by atoms with Crippen molar-refractivity contribution in [1.82, 2.24) is 4.90 Å². The van der Waals surface area contributed by atoms with Gasteiger partial charge in [0.1, 0.15) is 0 Å². The van der Waals surface area contributed by atoms with Crippen LogP contribution in [0.15, 0.2) is 0 Å². The maximum absolute atomic E-state index is 11.7. The third-order valence-electron chi connectivity index (χ3n) is 2.92. The van der Waals surface area contributed by atoms with E-state index in [0.29, 0.717) is 26.1 Å². The smallest absolute Gasteiger partial charge is 0.225 e. The maximum atomic E-state index is 11.7. The summed E-state index contributed by atoms with van der Waals surface area (Å²) in [7, 11) is 0. The van der Waals surface area contributed by atoms with Gasteiger partial charge in [-0.3, -0.25) is 4.79 Å². The third-order valence-corrected chi connectivity index (χ3v) is 2.92. The molecule has 94 valence electrons. The second-order valence-electron chi connectivity index (χ2n) is 4.72. The largest absolute Gasteiger partial charge is 0.381 e. The van der Waals surface area contributed by atoms with Gasteiger partial charge in [-0.05, 0) is 12.8 Å². The summed E-state index contributed by atoms with van der Waals surface area (Å²) in [6.45, 7) is 6.89. The molecule has 1 aliphatic heterocycles. The lowest BCUT2D eigenvalue weighted by Crippen LogP contribution is -2.68. The van der Waals surface area contributed by atoms with Crippen LogP contribution in [-0.4, -0.2) is 42.6 Å². The van der Waals surface area contributed by atoms with Crippen molar-refractivity contribution < 1.29 is 9.53 Å². The molecule has 4 heteroatoms. The maximum Gasteiger partial charge on any atom is 0.225 e. The van der Waals surface area contributed by atoms with Crippen molar-refractivity contribution in [3.05, 3.63) is 0 Å². The van der Waals surface area contributed by atoms with Crippen LogP contribution in [0.4, 0.5) is 0 Å². The Morgan fingerprint density at radius 1 is 1.31 bits per heavy atom. The van der Waals surface area contributed by atoms with E-state index in [1.165, 1.54) is 0 Å². The van der Waals surface area contributed by atoms with E-state index in [2.05, 4.69) is 13.8 Å². The topological polar surface area (TPSA) is 55.6 Å². The van der Waals surface area contributed by atoms with Crippen LogP contribution in [0.2, 0.25) is 0 Å². The molecule has 0 radical (unpaired) electrons. The summed E-state index contributed by atoms with van der Waals surface area (Å²) in [5, 5.41) is 0. The zero-order valence-corrected chi connectivity index (χ0v) is 10.5. The molecular formula is C12H24N2O2. The van der Waals surface area contributed by atoms with Gasteiger partial charge in [0.15, 0.2) is 0 Å². The van der Waals surface area contributed by atoms with Crippen LogP contribution in [0.1, 0.15) is 39.5 Å². The van der Waals surface area contributed by atoms with Gasteiger partial charge in [0.2, 0.25) is 5.91 Å². The second-order valence-corrected chi connectivity index (χ2v) is 4.72. The minimum atomic E-state index is -0.116. The Balaban J connectivity index is 2.12. The summed E-state index contributed by atoms with van der Waals surface area (Å²) in [5.74, 6) is 0.174. The van der Waals surface area contributed by atoms with E-state index in [9.17, 15) is 4.79 Å². The first-order valence-corrected chi connectivity index (χ1v) is 6.25. The van der Waals surface area contributed by atoms with Crippen LogP contribution in [0.5, 0.6) is 0 Å². The standard InChI is InChI=1S/C12H24N2O2/c1-3-6-12(13)9-14(10-12)11(15)5-8-16-7-4-2/h3-10,13H2,1-2H3. The monoisotopic (exact) mass is 228 g/mol. The number of hydrogen-bond donors (Lipinski definition) is 1. The average Bonchev–Trinajstić information content (AvgIpc) is 2.21. The first-order valence-electron chi connectivity index (χ1n) is 6.25. The highest BCUT2D eigenvalue weighted by atomic mass is 16.5. The van der Waals surface area contributed by atoms with Gasteiger partial charge >= 0.3 is 0 Å². The van der Waals surface area contributed by atoms with Gasteiger partial charge in [0, 0.05) is 19.7 Å². The van der Waals surface area contributed by atoms with E-state index >= 15 is 0 Å². The van der Waals surface area contributed by atoms with Crippen molar-refractivity contribution in [3.8, 4) is 0 Å². The molecule has 1 rings (SSSR count). The Hall–Kier alpha value is -0.610. The molecule has 1 aliphatic rings. The lowest BCUT2D eigenvalue weighted by atomic mass is 9.86. The van der Waals surface area contributed by atoms with Crippen molar-refractivity contribution >= 4 is 5.91 Å². The highest BCUT2D eigenvalue weighted by Gasteiger charge is 2.40. The minimum absolute atomic E-state index is 0.116. The number of rotatable bonds is 7. The predicted molar refractivity (Wildman–Crippen MR) is 64.1 cm³/mol. The molecule has 1 amide bonds. The van der Waals surface area contributed by atoms with Crippen LogP contribution in [0, 0.1) is 0 Å². The van der Waals surface area contributed by atoms with E-state index < -0.39 is 0 Å². The van der Waals surface area contributed by atoms with Crippen LogP contribution in [0.3, 0.4) is 0 Å². The Bertz CT molecular complexity index is 225. The molecule has 0 aromatic carbocycles. The lowest BCUT2D eigenvalue weighted by molar-refractivity contribution is -0.140. The second kappa shape index (κ2) is 6.21. The molecule has 0 aromatic heterocycles. The summed E-state index contributed by atoms with van der Waals surface area (Å²) in [6.07, 6.45) is 3.57. The van der Waals surface area contributed by atoms with E-state index in [0.717, 1.165) is 25.9 Å². The molecule has 0 bridgehead atoms. The van der Waals surface area contributed by atoms with E-state index in [4.69, 9.17) is 10.5 Å². The van der Waals surface area contributed by atoms with Crippen LogP contribution in [-0.2, 0) is 9.53 Å². The van der Waals surface area contributed by atoms with Crippen molar-refractivity contribution in [3.63, 3.8) is 0 Å². The Labute approximate surface area is 98.1 Å². The SMILES string of the molecule is CCCOCCC(=O)N1CC(N)(CCC)C1. The number of likely N-dealkylation sites (tertiary alicyclic amines) is 1. The first kappa shape index (κ1) is 13.5. The number of nitrogens with two attached hydrogens (primary N) is 1. The fourth-order valence-electron chi connectivity index (χ4n) is 2.11. The zero-order chi connectivity index (χ0) is 12.0. The summed E-state index contributed by atoms with van der Waals surface area (Å²) in [5.41, 5.74) is 5.98. The first-order chi connectivity index (χ1) is 7.61. The molecule has 0 spiro atoms. The van der Waals surface area contributed by atoms with Crippen molar-refractivity contribution in [2.45, 2.75) is 45.1 Å². The number of nitrogens with zero attached hydrogens (tertiary/aromatic N) is 1. The van der Waals surface area contributed by atoms with Gasteiger partial charge < -0.3 is 15.4 Å². The van der Waals surface area contributed by atoms with Crippen molar-refractivity contribution in [2.24, 2.45) is 5.73 Å². The molecule has 0 aromatic rings. The Morgan fingerprint density at radius 3 is 2.56 bits per heavy atom. The summed E-state index contributed by atoms with van der Waals surface area (Å²) in [4.78, 5) is 13.5. The molecular weight excluding hydrogens is 204 g/mol. The number of carbonyl (C=O) groups excluding carboxylic acids is 1. The number of ether oxygens (including phenoxy) is 1. The molecule has 2 N–H and O–H groups in total. The zero-order valence-electron chi connectivity index (χ0n) is 10.5. The van der Waals surface area contributed by atoms with Gasteiger partial charge in [-0.2, -0.15) is 0 Å². The molecule has 1 saturated heterocycles. The highest BCUT2D eigenvalue weighted by molar-refractivity contribution is 5.77. The molecule has 0 aliphatic carbocycles. The summed E-state index contributed by atoms with van der Waals surface area (Å²) in [6, 6.07) is 0. The van der Waals surface area contributed by atoms with Gasteiger partial charge in [0.25, 0.3) is 0 Å². The molecule has 1 fully saturated rings. The van der Waals surface area contributed by atoms with E-state index in [1.54, 1.807) is 0 Å². The van der Waals surface area contributed by atoms with Gasteiger partial charge in [0.05, 0.1) is 18.6 Å². The molecule has 0 atom stereocenters. The number of hydrogen-bond acceptors (Lipinski definition) is 3. The fourth-order valence-corrected chi connectivity index (χ4v) is 2.11. The molecule has 1 heterocycles. The summed E-state index contributed by atoms with van der Waals surface area (Å²) < 4.78 is 5.29. The van der Waals surface area contributed by atoms with Crippen molar-refractivity contribution in [1.29, 1.82) is 0 Å². The molecule has 16 heavy (non-hydrogen) atoms. The van der Waals surface area contributed by atoms with Crippen LogP contribution in [0.25, 0.3) is 0 Å². The van der Waals surface area contributed by atoms with Gasteiger partial charge in [-0.15, -0.1) is 0 Å². The average molecular weight is 228 g/mol. The lowest BCUT2D eigenvalue weighted by Gasteiger charge is -2.47. The normalized spacial score (nSPS) is 18.3. The highest BCUT2D eigenvalue weighted by Crippen LogP contribution is 2.23. The molecule has 0 unspecified atom stereocenters. The van der Waals surface area contributed by atoms with Crippen LogP contribution >= 0.6 is 0 Å². The Morgan fingerprint density at radius 2 is 2.00 bits per heavy atom. The molecule has 0 saturated carbocycles. The Kier molecular flexibility index (Phi) is 5.22. The van der Waals surface area contributed by atoms with Crippen LogP contribution < -0.4 is 5.73 Å². The quantitative estimate of drug-likeness (QED) is 0.665. The molecule has 4 nitrogen and oxygen atoms in total. The number of amides is 1. The van der Waals surface area contributed by atoms with E-state index in [1.807, 2.05) is 4.90 Å². The van der Waals surface area contributed by atoms with Crippen molar-refractivity contribution in [2.75, 3.05) is 26.3 Å². The number of carbonyl (C=O) groups is 1. The predicted octanol–water partition coefficient (Wildman–Crippen LogP) is 1.14. The minimum Gasteiger partial charge on any atom is -0.381 e. The van der Waals surface area contributed by atoms with E-state index in [-0.39, 0.29) is 11.4 Å².